The van der Waals surface area contributed by atoms with Crippen LogP contribution in [0.15, 0.2) is 17.3 Å². The SMILES string of the molecule is Cn1cc(SCC(C)(C)C(C)(C)C)cn1. The standard InChI is InChI=1S/C12H22N2S/c1-11(2,3)12(4,5)9-15-10-7-13-14(6)8-10/h7-8H,9H2,1-6H3. The summed E-state index contributed by atoms with van der Waals surface area (Å²) >= 11 is 1.89. The largest absolute Gasteiger partial charge is 0.275 e. The minimum Gasteiger partial charge on any atom is -0.275 e. The molecule has 86 valence electrons. The molecule has 1 heterocycles. The van der Waals surface area contributed by atoms with E-state index in [2.05, 4.69) is 45.9 Å². The molecular formula is C12H22N2S. The molecule has 1 rings (SSSR count). The summed E-state index contributed by atoms with van der Waals surface area (Å²) in [6, 6.07) is 0. The monoisotopic (exact) mass is 226 g/mol. The lowest BCUT2D eigenvalue weighted by Crippen LogP contribution is -2.31. The molecular weight excluding hydrogens is 204 g/mol. The quantitative estimate of drug-likeness (QED) is 0.733. The Kier molecular flexibility index (Phi) is 3.54. The number of nitrogens with zero attached hydrogens (tertiary/aromatic N) is 2. The minimum absolute atomic E-state index is 0.327. The molecule has 15 heavy (non-hydrogen) atoms. The Balaban J connectivity index is 2.57. The number of hydrogen-bond donors (Lipinski definition) is 0. The van der Waals surface area contributed by atoms with Gasteiger partial charge in [0.15, 0.2) is 0 Å². The van der Waals surface area contributed by atoms with Crippen LogP contribution >= 0.6 is 11.8 Å². The molecule has 0 aliphatic carbocycles. The van der Waals surface area contributed by atoms with Gasteiger partial charge in [0.2, 0.25) is 0 Å². The molecule has 0 unspecified atom stereocenters. The maximum atomic E-state index is 4.18. The van der Waals surface area contributed by atoms with Crippen LogP contribution in [0.25, 0.3) is 0 Å². The number of rotatable bonds is 3. The lowest BCUT2D eigenvalue weighted by Gasteiger charge is -2.38. The molecule has 0 radical (unpaired) electrons. The normalized spacial score (nSPS) is 13.2. The summed E-state index contributed by atoms with van der Waals surface area (Å²) in [6.45, 7) is 11.6. The van der Waals surface area contributed by atoms with E-state index >= 15 is 0 Å². The number of aromatic nitrogens is 2. The molecule has 0 N–H and O–H groups in total. The first-order valence-corrected chi connectivity index (χ1v) is 6.32. The average molecular weight is 226 g/mol. The molecule has 1 aromatic heterocycles. The smallest absolute Gasteiger partial charge is 0.0625 e. The van der Waals surface area contributed by atoms with Gasteiger partial charge in [0.1, 0.15) is 0 Å². The highest BCUT2D eigenvalue weighted by atomic mass is 32.2. The maximum Gasteiger partial charge on any atom is 0.0625 e. The molecule has 0 saturated carbocycles. The Bertz CT molecular complexity index is 321. The van der Waals surface area contributed by atoms with Gasteiger partial charge in [0.05, 0.1) is 6.20 Å². The number of hydrogen-bond acceptors (Lipinski definition) is 2. The highest BCUT2D eigenvalue weighted by molar-refractivity contribution is 7.99. The molecule has 0 bridgehead atoms. The van der Waals surface area contributed by atoms with E-state index in [1.54, 1.807) is 0 Å². The molecule has 3 heteroatoms. The van der Waals surface area contributed by atoms with Crippen LogP contribution in [0.1, 0.15) is 34.6 Å². The van der Waals surface area contributed by atoms with Gasteiger partial charge >= 0.3 is 0 Å². The van der Waals surface area contributed by atoms with E-state index in [4.69, 9.17) is 0 Å². The van der Waals surface area contributed by atoms with Crippen molar-refractivity contribution in [1.29, 1.82) is 0 Å². The molecule has 0 atom stereocenters. The Hall–Kier alpha value is -0.440. The van der Waals surface area contributed by atoms with Crippen molar-refractivity contribution < 1.29 is 0 Å². The van der Waals surface area contributed by atoms with E-state index in [0.29, 0.717) is 10.8 Å². The molecule has 1 aromatic rings. The van der Waals surface area contributed by atoms with Gasteiger partial charge in [-0.15, -0.1) is 11.8 Å². The zero-order valence-corrected chi connectivity index (χ0v) is 11.5. The summed E-state index contributed by atoms with van der Waals surface area (Å²) in [5, 5.41) is 4.18. The van der Waals surface area contributed by atoms with Crippen LogP contribution in [0.2, 0.25) is 0 Å². The molecule has 0 spiro atoms. The fraction of sp³-hybridized carbons (Fsp3) is 0.750. The highest BCUT2D eigenvalue weighted by Gasteiger charge is 2.32. The van der Waals surface area contributed by atoms with E-state index in [9.17, 15) is 0 Å². The first-order valence-electron chi connectivity index (χ1n) is 5.34. The number of aryl methyl sites for hydroxylation is 1. The molecule has 2 nitrogen and oxygen atoms in total. The zero-order valence-electron chi connectivity index (χ0n) is 10.7. The van der Waals surface area contributed by atoms with E-state index < -0.39 is 0 Å². The van der Waals surface area contributed by atoms with Crippen molar-refractivity contribution >= 4 is 11.8 Å². The van der Waals surface area contributed by atoms with Gasteiger partial charge in [0, 0.05) is 23.9 Å². The van der Waals surface area contributed by atoms with Crippen molar-refractivity contribution in [3.05, 3.63) is 12.4 Å². The third kappa shape index (κ3) is 3.26. The molecule has 0 amide bonds. The topological polar surface area (TPSA) is 17.8 Å². The second kappa shape index (κ2) is 4.20. The van der Waals surface area contributed by atoms with Crippen LogP contribution in [0.3, 0.4) is 0 Å². The summed E-state index contributed by atoms with van der Waals surface area (Å²) in [5.74, 6) is 1.13. The van der Waals surface area contributed by atoms with Crippen molar-refractivity contribution in [3.8, 4) is 0 Å². The first kappa shape index (κ1) is 12.6. The summed E-state index contributed by atoms with van der Waals surface area (Å²) in [4.78, 5) is 1.26. The van der Waals surface area contributed by atoms with Crippen LogP contribution in [-0.2, 0) is 7.05 Å². The summed E-state index contributed by atoms with van der Waals surface area (Å²) in [5.41, 5.74) is 0.662. The van der Waals surface area contributed by atoms with E-state index in [1.165, 1.54) is 4.90 Å². The van der Waals surface area contributed by atoms with E-state index in [1.807, 2.05) is 29.7 Å². The highest BCUT2D eigenvalue weighted by Crippen LogP contribution is 2.41. The Morgan fingerprint density at radius 3 is 2.27 bits per heavy atom. The van der Waals surface area contributed by atoms with Crippen molar-refractivity contribution in [3.63, 3.8) is 0 Å². The van der Waals surface area contributed by atoms with E-state index in [0.717, 1.165) is 5.75 Å². The molecule has 0 aromatic carbocycles. The number of thioether (sulfide) groups is 1. The maximum absolute atomic E-state index is 4.18. The Morgan fingerprint density at radius 2 is 1.87 bits per heavy atom. The van der Waals surface area contributed by atoms with Crippen LogP contribution < -0.4 is 0 Å². The van der Waals surface area contributed by atoms with Crippen molar-refractivity contribution in [2.45, 2.75) is 39.5 Å². The molecule has 0 aliphatic heterocycles. The zero-order chi connectivity index (χ0) is 11.7. The van der Waals surface area contributed by atoms with Gasteiger partial charge in [0.25, 0.3) is 0 Å². The van der Waals surface area contributed by atoms with Crippen LogP contribution in [-0.4, -0.2) is 15.5 Å². The van der Waals surface area contributed by atoms with Gasteiger partial charge in [-0.2, -0.15) is 5.10 Å². The second-order valence-electron chi connectivity index (χ2n) is 5.77. The van der Waals surface area contributed by atoms with Crippen LogP contribution in [0, 0.1) is 10.8 Å². The van der Waals surface area contributed by atoms with Crippen molar-refractivity contribution in [2.75, 3.05) is 5.75 Å². The van der Waals surface area contributed by atoms with Gasteiger partial charge in [-0.05, 0) is 10.8 Å². The Labute approximate surface area is 97.4 Å². The van der Waals surface area contributed by atoms with Crippen LogP contribution in [0.5, 0.6) is 0 Å². The predicted octanol–water partition coefficient (Wildman–Crippen LogP) is 3.58. The van der Waals surface area contributed by atoms with Gasteiger partial charge in [-0.25, -0.2) is 0 Å². The van der Waals surface area contributed by atoms with Gasteiger partial charge in [-0.1, -0.05) is 34.6 Å². The third-order valence-electron chi connectivity index (χ3n) is 3.31. The van der Waals surface area contributed by atoms with E-state index in [-0.39, 0.29) is 0 Å². The molecule has 0 fully saturated rings. The molecule has 0 aliphatic rings. The fourth-order valence-electron chi connectivity index (χ4n) is 0.954. The van der Waals surface area contributed by atoms with Crippen molar-refractivity contribution in [2.24, 2.45) is 17.9 Å². The molecule has 0 saturated heterocycles. The van der Waals surface area contributed by atoms with Gasteiger partial charge in [-0.3, -0.25) is 4.68 Å². The lowest BCUT2D eigenvalue weighted by atomic mass is 9.71. The summed E-state index contributed by atoms with van der Waals surface area (Å²) in [7, 11) is 1.96. The summed E-state index contributed by atoms with van der Waals surface area (Å²) in [6.07, 6.45) is 4.01. The van der Waals surface area contributed by atoms with Crippen LogP contribution in [0.4, 0.5) is 0 Å². The second-order valence-corrected chi connectivity index (χ2v) is 6.82. The Morgan fingerprint density at radius 1 is 1.27 bits per heavy atom. The predicted molar refractivity (Wildman–Crippen MR) is 67.2 cm³/mol. The summed E-state index contributed by atoms with van der Waals surface area (Å²) < 4.78 is 1.85. The lowest BCUT2D eigenvalue weighted by molar-refractivity contribution is 0.162. The fourth-order valence-corrected chi connectivity index (χ4v) is 2.26. The average Bonchev–Trinajstić information content (AvgIpc) is 2.46. The third-order valence-corrected chi connectivity index (χ3v) is 4.72. The minimum atomic E-state index is 0.327. The van der Waals surface area contributed by atoms with Gasteiger partial charge < -0.3 is 0 Å². The van der Waals surface area contributed by atoms with Crippen molar-refractivity contribution in [1.82, 2.24) is 9.78 Å². The first-order chi connectivity index (χ1) is 6.72.